The van der Waals surface area contributed by atoms with Gasteiger partial charge in [-0.3, -0.25) is 4.79 Å². The van der Waals surface area contributed by atoms with Crippen molar-refractivity contribution >= 4 is 0 Å². The van der Waals surface area contributed by atoms with Gasteiger partial charge in [-0.2, -0.15) is 0 Å². The second kappa shape index (κ2) is 3.10. The molecule has 2 aromatic rings. The highest BCUT2D eigenvalue weighted by atomic mass is 16.1. The molecule has 0 fully saturated rings. The molecular formula is C9H10N4O. The fourth-order valence-corrected chi connectivity index (χ4v) is 1.24. The molecular weight excluding hydrogens is 180 g/mol. The topological polar surface area (TPSA) is 63.6 Å². The first-order chi connectivity index (χ1) is 6.65. The van der Waals surface area contributed by atoms with Crippen LogP contribution in [0.15, 0.2) is 23.4 Å². The second-order valence-electron chi connectivity index (χ2n) is 3.16. The second-order valence-corrected chi connectivity index (χ2v) is 3.16. The number of nitrogens with one attached hydrogen (secondary N) is 1. The molecule has 0 radical (unpaired) electrons. The number of aromatic amines is 1. The highest BCUT2D eigenvalue weighted by Crippen LogP contribution is 2.08. The average molecular weight is 190 g/mol. The van der Waals surface area contributed by atoms with Gasteiger partial charge in [0.15, 0.2) is 5.82 Å². The molecule has 0 atom stereocenters. The van der Waals surface area contributed by atoms with E-state index in [1.54, 1.807) is 24.0 Å². The monoisotopic (exact) mass is 190 g/mol. The van der Waals surface area contributed by atoms with Gasteiger partial charge in [0, 0.05) is 25.0 Å². The van der Waals surface area contributed by atoms with Gasteiger partial charge in [0.05, 0.1) is 6.33 Å². The zero-order valence-corrected chi connectivity index (χ0v) is 7.98. The summed E-state index contributed by atoms with van der Waals surface area (Å²) in [6.07, 6.45) is 3.47. The Labute approximate surface area is 80.5 Å². The maximum absolute atomic E-state index is 11.2. The van der Waals surface area contributed by atoms with Gasteiger partial charge >= 0.3 is 0 Å². The van der Waals surface area contributed by atoms with Crippen LogP contribution in [0.5, 0.6) is 0 Å². The van der Waals surface area contributed by atoms with E-state index in [-0.39, 0.29) is 5.56 Å². The van der Waals surface area contributed by atoms with E-state index in [0.29, 0.717) is 17.2 Å². The Hall–Kier alpha value is -1.91. The summed E-state index contributed by atoms with van der Waals surface area (Å²) < 4.78 is 1.80. The van der Waals surface area contributed by atoms with E-state index in [4.69, 9.17) is 0 Å². The minimum absolute atomic E-state index is 0.154. The third-order valence-electron chi connectivity index (χ3n) is 1.82. The van der Waals surface area contributed by atoms with Crippen LogP contribution < -0.4 is 5.56 Å². The van der Waals surface area contributed by atoms with E-state index < -0.39 is 0 Å². The first-order valence-corrected chi connectivity index (χ1v) is 4.21. The van der Waals surface area contributed by atoms with E-state index in [1.807, 2.05) is 7.05 Å². The molecule has 2 heterocycles. The van der Waals surface area contributed by atoms with Crippen LogP contribution in [0.2, 0.25) is 0 Å². The number of aromatic nitrogens is 4. The van der Waals surface area contributed by atoms with Crippen LogP contribution in [0.1, 0.15) is 5.69 Å². The molecule has 2 aromatic heterocycles. The van der Waals surface area contributed by atoms with Crippen LogP contribution in [0.4, 0.5) is 0 Å². The molecule has 0 aliphatic heterocycles. The van der Waals surface area contributed by atoms with Crippen LogP contribution in [0.25, 0.3) is 11.5 Å². The first-order valence-electron chi connectivity index (χ1n) is 4.21. The highest BCUT2D eigenvalue weighted by molar-refractivity contribution is 5.46. The molecule has 14 heavy (non-hydrogen) atoms. The van der Waals surface area contributed by atoms with Gasteiger partial charge in [0.25, 0.3) is 5.56 Å². The molecule has 0 aliphatic carbocycles. The average Bonchev–Trinajstić information content (AvgIpc) is 2.50. The van der Waals surface area contributed by atoms with Crippen molar-refractivity contribution in [2.24, 2.45) is 7.05 Å². The molecule has 1 N–H and O–H groups in total. The maximum atomic E-state index is 11.2. The molecule has 5 nitrogen and oxygen atoms in total. The summed E-state index contributed by atoms with van der Waals surface area (Å²) in [5, 5.41) is 0. The lowest BCUT2D eigenvalue weighted by Crippen LogP contribution is -2.08. The van der Waals surface area contributed by atoms with E-state index in [2.05, 4.69) is 15.0 Å². The van der Waals surface area contributed by atoms with Crippen molar-refractivity contribution in [2.45, 2.75) is 6.92 Å². The Morgan fingerprint density at radius 1 is 1.50 bits per heavy atom. The van der Waals surface area contributed by atoms with E-state index >= 15 is 0 Å². The van der Waals surface area contributed by atoms with Gasteiger partial charge in [0.1, 0.15) is 5.69 Å². The fourth-order valence-electron chi connectivity index (χ4n) is 1.24. The van der Waals surface area contributed by atoms with Crippen LogP contribution in [-0.4, -0.2) is 19.5 Å². The van der Waals surface area contributed by atoms with Crippen LogP contribution >= 0.6 is 0 Å². The quantitative estimate of drug-likeness (QED) is 0.711. The Kier molecular flexibility index (Phi) is 1.92. The molecule has 0 saturated carbocycles. The standard InChI is InChI=1S/C9H10N4O/c1-6-3-8(14)12-9(11-6)7-4-13(2)5-10-7/h3-5H,1-2H3,(H,11,12,14). The Morgan fingerprint density at radius 3 is 2.86 bits per heavy atom. The molecule has 5 heteroatoms. The smallest absolute Gasteiger partial charge is 0.251 e. The lowest BCUT2D eigenvalue weighted by Gasteiger charge is -1.96. The summed E-state index contributed by atoms with van der Waals surface area (Å²) in [6.45, 7) is 1.78. The number of H-pyrrole nitrogens is 1. The van der Waals surface area contributed by atoms with Gasteiger partial charge in [-0.1, -0.05) is 0 Å². The lowest BCUT2D eigenvalue weighted by molar-refractivity contribution is 0.913. The summed E-state index contributed by atoms with van der Waals surface area (Å²) in [4.78, 5) is 22.1. The van der Waals surface area contributed by atoms with E-state index in [9.17, 15) is 4.79 Å². The van der Waals surface area contributed by atoms with Crippen molar-refractivity contribution in [1.82, 2.24) is 19.5 Å². The molecule has 0 unspecified atom stereocenters. The van der Waals surface area contributed by atoms with Crippen molar-refractivity contribution < 1.29 is 0 Å². The molecule has 0 saturated heterocycles. The van der Waals surface area contributed by atoms with Crippen molar-refractivity contribution in [3.63, 3.8) is 0 Å². The minimum atomic E-state index is -0.154. The van der Waals surface area contributed by atoms with Crippen molar-refractivity contribution in [1.29, 1.82) is 0 Å². The third-order valence-corrected chi connectivity index (χ3v) is 1.82. The highest BCUT2D eigenvalue weighted by Gasteiger charge is 2.03. The minimum Gasteiger partial charge on any atom is -0.340 e. The number of hydrogen-bond donors (Lipinski definition) is 1. The number of imidazole rings is 1. The molecule has 0 aliphatic rings. The van der Waals surface area contributed by atoms with Gasteiger partial charge in [-0.15, -0.1) is 0 Å². The van der Waals surface area contributed by atoms with E-state index in [0.717, 1.165) is 0 Å². The molecule has 0 aromatic carbocycles. The number of hydrogen-bond acceptors (Lipinski definition) is 3. The van der Waals surface area contributed by atoms with Gasteiger partial charge < -0.3 is 9.55 Å². The fraction of sp³-hybridized carbons (Fsp3) is 0.222. The third kappa shape index (κ3) is 1.56. The van der Waals surface area contributed by atoms with Gasteiger partial charge in [-0.25, -0.2) is 9.97 Å². The summed E-state index contributed by atoms with van der Waals surface area (Å²) in [5.41, 5.74) is 1.21. The lowest BCUT2D eigenvalue weighted by atomic mass is 10.4. The number of aryl methyl sites for hydroxylation is 2. The Balaban J connectivity index is 2.56. The molecule has 0 spiro atoms. The summed E-state index contributed by atoms with van der Waals surface area (Å²) in [7, 11) is 1.87. The SMILES string of the molecule is Cc1cc(=O)[nH]c(-c2cn(C)cn2)n1. The van der Waals surface area contributed by atoms with Crippen LogP contribution in [0.3, 0.4) is 0 Å². The van der Waals surface area contributed by atoms with Crippen LogP contribution in [0, 0.1) is 6.92 Å². The normalized spacial score (nSPS) is 10.4. The van der Waals surface area contributed by atoms with Gasteiger partial charge in [0.2, 0.25) is 0 Å². The number of nitrogens with zero attached hydrogens (tertiary/aromatic N) is 3. The molecule has 72 valence electrons. The zero-order valence-electron chi connectivity index (χ0n) is 7.98. The first kappa shape index (κ1) is 8.68. The largest absolute Gasteiger partial charge is 0.340 e. The van der Waals surface area contributed by atoms with Crippen molar-refractivity contribution in [2.75, 3.05) is 0 Å². The van der Waals surface area contributed by atoms with Crippen LogP contribution in [-0.2, 0) is 7.05 Å². The van der Waals surface area contributed by atoms with Crippen molar-refractivity contribution in [3.8, 4) is 11.5 Å². The predicted molar refractivity (Wildman–Crippen MR) is 51.8 cm³/mol. The summed E-state index contributed by atoms with van der Waals surface area (Å²) in [5.74, 6) is 0.510. The summed E-state index contributed by atoms with van der Waals surface area (Å²) in [6, 6.07) is 1.45. The molecule has 0 amide bonds. The Morgan fingerprint density at radius 2 is 2.29 bits per heavy atom. The number of rotatable bonds is 1. The van der Waals surface area contributed by atoms with E-state index in [1.165, 1.54) is 6.07 Å². The predicted octanol–water partition coefficient (Wildman–Crippen LogP) is 0.479. The summed E-state index contributed by atoms with van der Waals surface area (Å²) >= 11 is 0. The zero-order chi connectivity index (χ0) is 10.1. The maximum Gasteiger partial charge on any atom is 0.251 e. The van der Waals surface area contributed by atoms with Crippen molar-refractivity contribution in [3.05, 3.63) is 34.6 Å². The molecule has 2 rings (SSSR count). The van der Waals surface area contributed by atoms with Gasteiger partial charge in [-0.05, 0) is 6.92 Å². The molecule has 0 bridgehead atoms. The Bertz CT molecular complexity index is 512.